The third-order valence-corrected chi connectivity index (χ3v) is 5.48. The van der Waals surface area contributed by atoms with E-state index in [-0.39, 0.29) is 11.8 Å². The lowest BCUT2D eigenvalue weighted by atomic mass is 9.98. The van der Waals surface area contributed by atoms with Crippen molar-refractivity contribution in [2.24, 2.45) is 5.10 Å². The molecular formula is C27H23N3O5. The van der Waals surface area contributed by atoms with E-state index in [1.807, 2.05) is 60.7 Å². The van der Waals surface area contributed by atoms with E-state index in [1.165, 1.54) is 5.01 Å². The Labute approximate surface area is 203 Å². The van der Waals surface area contributed by atoms with E-state index in [9.17, 15) is 9.59 Å². The van der Waals surface area contributed by atoms with Crippen LogP contribution in [0.25, 0.3) is 0 Å². The van der Waals surface area contributed by atoms with Crippen molar-refractivity contribution in [2.45, 2.75) is 12.5 Å². The summed E-state index contributed by atoms with van der Waals surface area (Å²) in [5.74, 6) is -0.198. The number of amides is 1. The molecule has 8 nitrogen and oxygen atoms in total. The van der Waals surface area contributed by atoms with E-state index >= 15 is 0 Å². The predicted octanol–water partition coefficient (Wildman–Crippen LogP) is 3.87. The van der Waals surface area contributed by atoms with Crippen molar-refractivity contribution in [2.75, 3.05) is 20.3 Å². The van der Waals surface area contributed by atoms with Crippen LogP contribution in [0.15, 0.2) is 84.0 Å². The third-order valence-electron chi connectivity index (χ3n) is 5.48. The van der Waals surface area contributed by atoms with Crippen LogP contribution in [-0.2, 0) is 14.3 Å². The van der Waals surface area contributed by atoms with Crippen LogP contribution in [0.5, 0.6) is 11.5 Å². The van der Waals surface area contributed by atoms with Gasteiger partial charge in [-0.1, -0.05) is 54.6 Å². The van der Waals surface area contributed by atoms with Crippen LogP contribution in [0.4, 0.5) is 0 Å². The SMILES string of the molecule is COc1ccc(C2CC(c3ccccc3)=NN2C(=O)COC(=O)COc2ccccc2C#N)cc1. The van der Waals surface area contributed by atoms with Gasteiger partial charge in [-0.05, 0) is 35.4 Å². The van der Waals surface area contributed by atoms with Crippen LogP contribution in [0.3, 0.4) is 0 Å². The summed E-state index contributed by atoms with van der Waals surface area (Å²) in [5.41, 5.74) is 2.88. The Morgan fingerprint density at radius 3 is 2.43 bits per heavy atom. The molecule has 0 saturated carbocycles. The molecule has 1 aliphatic heterocycles. The summed E-state index contributed by atoms with van der Waals surface area (Å²) in [4.78, 5) is 25.2. The molecule has 1 unspecified atom stereocenters. The van der Waals surface area contributed by atoms with Gasteiger partial charge in [0.25, 0.3) is 5.91 Å². The number of benzene rings is 3. The van der Waals surface area contributed by atoms with E-state index in [0.717, 1.165) is 16.8 Å². The number of nitriles is 1. The molecule has 0 fully saturated rings. The van der Waals surface area contributed by atoms with Crippen molar-refractivity contribution in [3.05, 3.63) is 95.6 Å². The molecule has 3 aromatic carbocycles. The monoisotopic (exact) mass is 469 g/mol. The molecular weight excluding hydrogens is 446 g/mol. The van der Waals surface area contributed by atoms with Crippen molar-refractivity contribution in [3.63, 3.8) is 0 Å². The largest absolute Gasteiger partial charge is 0.497 e. The normalized spacial score (nSPS) is 14.6. The number of carbonyl (C=O) groups is 2. The Bertz CT molecular complexity index is 1270. The van der Waals surface area contributed by atoms with Crippen LogP contribution in [0.2, 0.25) is 0 Å². The molecule has 0 bridgehead atoms. The summed E-state index contributed by atoms with van der Waals surface area (Å²) in [6.45, 7) is -0.910. The Hall–Kier alpha value is -4.64. The summed E-state index contributed by atoms with van der Waals surface area (Å²) in [6, 6.07) is 25.3. The highest BCUT2D eigenvalue weighted by molar-refractivity contribution is 6.03. The fourth-order valence-electron chi connectivity index (χ4n) is 3.70. The molecule has 0 radical (unpaired) electrons. The molecule has 1 heterocycles. The Kier molecular flexibility index (Phi) is 7.38. The highest BCUT2D eigenvalue weighted by Crippen LogP contribution is 2.33. The first-order chi connectivity index (χ1) is 17.1. The maximum atomic E-state index is 13.0. The van der Waals surface area contributed by atoms with Crippen molar-refractivity contribution in [3.8, 4) is 17.6 Å². The van der Waals surface area contributed by atoms with Gasteiger partial charge in [0.2, 0.25) is 0 Å². The maximum absolute atomic E-state index is 13.0. The fraction of sp³-hybridized carbons (Fsp3) is 0.185. The van der Waals surface area contributed by atoms with Gasteiger partial charge in [-0.3, -0.25) is 4.79 Å². The first-order valence-electron chi connectivity index (χ1n) is 11.0. The van der Waals surface area contributed by atoms with Gasteiger partial charge in [-0.2, -0.15) is 10.4 Å². The zero-order valence-electron chi connectivity index (χ0n) is 19.1. The van der Waals surface area contributed by atoms with Gasteiger partial charge in [-0.15, -0.1) is 0 Å². The molecule has 0 saturated heterocycles. The van der Waals surface area contributed by atoms with Crippen LogP contribution in [0, 0.1) is 11.3 Å². The number of hydrogen-bond donors (Lipinski definition) is 0. The van der Waals surface area contributed by atoms with E-state index in [4.69, 9.17) is 19.5 Å². The molecule has 1 atom stereocenters. The lowest BCUT2D eigenvalue weighted by molar-refractivity contribution is -0.154. The number of methoxy groups -OCH3 is 1. The number of hydrogen-bond acceptors (Lipinski definition) is 7. The fourth-order valence-corrected chi connectivity index (χ4v) is 3.70. The van der Waals surface area contributed by atoms with Gasteiger partial charge in [0, 0.05) is 6.42 Å². The van der Waals surface area contributed by atoms with Crippen molar-refractivity contribution in [1.82, 2.24) is 5.01 Å². The summed E-state index contributed by atoms with van der Waals surface area (Å²) in [5, 5.41) is 15.0. The molecule has 1 amide bonds. The average molecular weight is 469 g/mol. The number of para-hydroxylation sites is 1. The Morgan fingerprint density at radius 1 is 1.00 bits per heavy atom. The van der Waals surface area contributed by atoms with Crippen LogP contribution in [-0.4, -0.2) is 42.9 Å². The third kappa shape index (κ3) is 5.65. The molecule has 8 heteroatoms. The topological polar surface area (TPSA) is 101 Å². The van der Waals surface area contributed by atoms with E-state index in [0.29, 0.717) is 17.7 Å². The van der Waals surface area contributed by atoms with Gasteiger partial charge in [0.1, 0.15) is 17.6 Å². The highest BCUT2D eigenvalue weighted by Gasteiger charge is 2.33. The lowest BCUT2D eigenvalue weighted by Gasteiger charge is -2.22. The molecule has 176 valence electrons. The minimum absolute atomic E-state index is 0.273. The number of carbonyl (C=O) groups excluding carboxylic acids is 2. The minimum atomic E-state index is -0.724. The summed E-state index contributed by atoms with van der Waals surface area (Å²) in [7, 11) is 1.59. The zero-order valence-corrected chi connectivity index (χ0v) is 19.1. The van der Waals surface area contributed by atoms with E-state index in [1.54, 1.807) is 31.4 Å². The van der Waals surface area contributed by atoms with E-state index < -0.39 is 25.1 Å². The van der Waals surface area contributed by atoms with Crippen LogP contribution >= 0.6 is 0 Å². The quantitative estimate of drug-likeness (QED) is 0.464. The summed E-state index contributed by atoms with van der Waals surface area (Å²) < 4.78 is 15.8. The van der Waals surface area contributed by atoms with Gasteiger partial charge >= 0.3 is 5.97 Å². The zero-order chi connectivity index (χ0) is 24.6. The van der Waals surface area contributed by atoms with E-state index in [2.05, 4.69) is 5.10 Å². The second-order valence-electron chi connectivity index (χ2n) is 7.70. The van der Waals surface area contributed by atoms with Crippen LogP contribution < -0.4 is 9.47 Å². The second-order valence-corrected chi connectivity index (χ2v) is 7.70. The van der Waals surface area contributed by atoms with Crippen molar-refractivity contribution in [1.29, 1.82) is 5.26 Å². The maximum Gasteiger partial charge on any atom is 0.344 e. The van der Waals surface area contributed by atoms with Gasteiger partial charge in [0.05, 0.1) is 24.4 Å². The standard InChI is InChI=1S/C27H23N3O5/c1-33-22-13-11-20(12-14-22)24-15-23(19-7-3-2-4-8-19)29-30(24)26(31)17-35-27(32)18-34-25-10-6-5-9-21(25)16-28/h2-14,24H,15,17-18H2,1H3. The number of nitrogens with zero attached hydrogens (tertiary/aromatic N) is 3. The number of rotatable bonds is 8. The van der Waals surface area contributed by atoms with Crippen molar-refractivity contribution < 1.29 is 23.8 Å². The van der Waals surface area contributed by atoms with Gasteiger partial charge in [0.15, 0.2) is 13.2 Å². The first-order valence-corrected chi connectivity index (χ1v) is 11.0. The molecule has 0 aromatic heterocycles. The first kappa shape index (κ1) is 23.5. The molecule has 0 aliphatic carbocycles. The average Bonchev–Trinajstić information content (AvgIpc) is 3.37. The molecule has 4 rings (SSSR count). The highest BCUT2D eigenvalue weighted by atomic mass is 16.6. The predicted molar refractivity (Wildman–Crippen MR) is 128 cm³/mol. The Morgan fingerprint density at radius 2 is 1.71 bits per heavy atom. The van der Waals surface area contributed by atoms with Crippen LogP contribution in [0.1, 0.15) is 29.2 Å². The minimum Gasteiger partial charge on any atom is -0.497 e. The number of ether oxygens (including phenoxy) is 3. The molecule has 35 heavy (non-hydrogen) atoms. The lowest BCUT2D eigenvalue weighted by Crippen LogP contribution is -2.32. The summed E-state index contributed by atoms with van der Waals surface area (Å²) >= 11 is 0. The smallest absolute Gasteiger partial charge is 0.344 e. The van der Waals surface area contributed by atoms with Gasteiger partial charge in [-0.25, -0.2) is 9.80 Å². The molecule has 1 aliphatic rings. The molecule has 0 spiro atoms. The number of hydrazone groups is 1. The van der Waals surface area contributed by atoms with Crippen molar-refractivity contribution >= 4 is 17.6 Å². The molecule has 0 N–H and O–H groups in total. The summed E-state index contributed by atoms with van der Waals surface area (Å²) in [6.07, 6.45) is 0.518. The Balaban J connectivity index is 1.44. The number of esters is 1. The van der Waals surface area contributed by atoms with Gasteiger partial charge < -0.3 is 14.2 Å². The molecule has 3 aromatic rings. The second kappa shape index (κ2) is 11.0.